The number of rotatable bonds is 3. The molecule has 84 valence electrons. The van der Waals surface area contributed by atoms with Crippen LogP contribution in [-0.4, -0.2) is 34.7 Å². The summed E-state index contributed by atoms with van der Waals surface area (Å²) >= 11 is 0. The molecule has 0 saturated heterocycles. The van der Waals surface area contributed by atoms with Gasteiger partial charge in [0.15, 0.2) is 0 Å². The first-order valence-electron chi connectivity index (χ1n) is 4.24. The fourth-order valence-electron chi connectivity index (χ4n) is 0.943. The van der Waals surface area contributed by atoms with E-state index in [2.05, 4.69) is 4.74 Å². The highest BCUT2D eigenvalue weighted by Gasteiger charge is 2.12. The number of carbonyl (C=O) groups is 3. The fourth-order valence-corrected chi connectivity index (χ4v) is 0.943. The Labute approximate surface area is 90.1 Å². The monoisotopic (exact) mass is 224 g/mol. The van der Waals surface area contributed by atoms with Crippen LogP contribution in [0.4, 0.5) is 0 Å². The van der Waals surface area contributed by atoms with Gasteiger partial charge in [0, 0.05) is 0 Å². The van der Waals surface area contributed by atoms with Crippen LogP contribution in [0.25, 0.3) is 0 Å². The largest absolute Gasteiger partial charge is 0.478 e. The molecule has 1 aromatic rings. The Morgan fingerprint density at radius 1 is 1.06 bits per heavy atom. The summed E-state index contributed by atoms with van der Waals surface area (Å²) in [6, 6.07) is 4.86. The first kappa shape index (κ1) is 11.9. The van der Waals surface area contributed by atoms with E-state index in [1.54, 1.807) is 0 Å². The molecule has 6 heteroatoms. The summed E-state index contributed by atoms with van der Waals surface area (Å²) in [6.45, 7) is -0.890. The Kier molecular flexibility index (Phi) is 3.73. The number of aromatic carboxylic acids is 1. The first-order valence-corrected chi connectivity index (χ1v) is 4.24. The third kappa shape index (κ3) is 2.89. The molecule has 0 radical (unpaired) electrons. The van der Waals surface area contributed by atoms with Crippen LogP contribution in [0.15, 0.2) is 24.3 Å². The number of aliphatic hydroxyl groups is 1. The van der Waals surface area contributed by atoms with Crippen LogP contribution in [0.1, 0.15) is 20.7 Å². The van der Waals surface area contributed by atoms with Gasteiger partial charge >= 0.3 is 17.9 Å². The molecule has 16 heavy (non-hydrogen) atoms. The molecule has 1 aromatic carbocycles. The fraction of sp³-hybridized carbons (Fsp3) is 0.100. The summed E-state index contributed by atoms with van der Waals surface area (Å²) in [6.07, 6.45) is 0. The van der Waals surface area contributed by atoms with Crippen molar-refractivity contribution in [3.05, 3.63) is 35.4 Å². The molecule has 0 heterocycles. The van der Waals surface area contributed by atoms with Crippen molar-refractivity contribution in [2.24, 2.45) is 0 Å². The molecular formula is C10H8O6. The van der Waals surface area contributed by atoms with Crippen LogP contribution >= 0.6 is 0 Å². The molecule has 0 aliphatic carbocycles. The lowest BCUT2D eigenvalue weighted by atomic mass is 10.1. The number of hydrogen-bond acceptors (Lipinski definition) is 5. The van der Waals surface area contributed by atoms with E-state index in [-0.39, 0.29) is 11.1 Å². The maximum atomic E-state index is 11.2. The minimum atomic E-state index is -1.12. The van der Waals surface area contributed by atoms with Crippen LogP contribution in [0, 0.1) is 0 Å². The zero-order valence-electron chi connectivity index (χ0n) is 8.04. The molecule has 0 spiro atoms. The number of carbonyl (C=O) groups excluding carboxylic acids is 2. The number of carboxylic acid groups (broad SMARTS) is 1. The summed E-state index contributed by atoms with van der Waals surface area (Å²) < 4.78 is 4.21. The van der Waals surface area contributed by atoms with Gasteiger partial charge in [0.05, 0.1) is 11.1 Å². The number of aliphatic hydroxyl groups excluding tert-OH is 1. The van der Waals surface area contributed by atoms with Gasteiger partial charge in [-0.3, -0.25) is 0 Å². The van der Waals surface area contributed by atoms with Gasteiger partial charge < -0.3 is 14.9 Å². The van der Waals surface area contributed by atoms with Gasteiger partial charge in [-0.2, -0.15) is 0 Å². The van der Waals surface area contributed by atoms with E-state index in [4.69, 9.17) is 10.2 Å². The minimum absolute atomic E-state index is 0.0186. The van der Waals surface area contributed by atoms with Crippen molar-refractivity contribution in [3.8, 4) is 0 Å². The number of esters is 2. The molecule has 0 aliphatic heterocycles. The van der Waals surface area contributed by atoms with E-state index in [0.29, 0.717) is 0 Å². The zero-order chi connectivity index (χ0) is 12.1. The maximum Gasteiger partial charge on any atom is 0.345 e. The highest BCUT2D eigenvalue weighted by atomic mass is 16.6. The van der Waals surface area contributed by atoms with Gasteiger partial charge in [0.2, 0.25) is 0 Å². The SMILES string of the molecule is O=C(CO)OC(=O)c1ccc(C(=O)O)cc1. The molecule has 0 amide bonds. The molecule has 0 aliphatic rings. The second-order valence-corrected chi connectivity index (χ2v) is 2.80. The van der Waals surface area contributed by atoms with Gasteiger partial charge in [-0.05, 0) is 24.3 Å². The van der Waals surface area contributed by atoms with E-state index in [1.165, 1.54) is 24.3 Å². The normalized spacial score (nSPS) is 9.56. The standard InChI is InChI=1S/C10H8O6/c11-5-8(12)16-10(15)7-3-1-6(2-4-7)9(13)14/h1-4,11H,5H2,(H,13,14). The van der Waals surface area contributed by atoms with E-state index < -0.39 is 24.5 Å². The van der Waals surface area contributed by atoms with Gasteiger partial charge in [-0.15, -0.1) is 0 Å². The molecule has 2 N–H and O–H groups in total. The highest BCUT2D eigenvalue weighted by molar-refractivity contribution is 5.98. The predicted molar refractivity (Wildman–Crippen MR) is 50.9 cm³/mol. The van der Waals surface area contributed by atoms with E-state index in [1.807, 2.05) is 0 Å². The highest BCUT2D eigenvalue weighted by Crippen LogP contribution is 2.06. The second kappa shape index (κ2) is 5.04. The lowest BCUT2D eigenvalue weighted by molar-refractivity contribution is -0.141. The predicted octanol–water partition coefficient (Wildman–Crippen LogP) is 0.0605. The third-order valence-corrected chi connectivity index (χ3v) is 1.70. The van der Waals surface area contributed by atoms with E-state index >= 15 is 0 Å². The Bertz CT molecular complexity index is 419. The topological polar surface area (TPSA) is 101 Å². The molecule has 1 rings (SSSR count). The number of benzene rings is 1. The molecule has 6 nitrogen and oxygen atoms in total. The Balaban J connectivity index is 2.78. The van der Waals surface area contributed by atoms with Gasteiger partial charge in [0.25, 0.3) is 0 Å². The first-order chi connectivity index (χ1) is 7.54. The van der Waals surface area contributed by atoms with Crippen molar-refractivity contribution < 1.29 is 29.3 Å². The van der Waals surface area contributed by atoms with E-state index in [9.17, 15) is 14.4 Å². The van der Waals surface area contributed by atoms with Gasteiger partial charge in [0.1, 0.15) is 6.61 Å². The molecule has 0 aromatic heterocycles. The lowest BCUT2D eigenvalue weighted by Gasteiger charge is -2.01. The molecule has 0 unspecified atom stereocenters. The van der Waals surface area contributed by atoms with Crippen LogP contribution < -0.4 is 0 Å². The molecule has 0 atom stereocenters. The summed E-state index contributed by atoms with van der Waals surface area (Å²) in [5.74, 6) is -3.12. The summed E-state index contributed by atoms with van der Waals surface area (Å²) in [5, 5.41) is 16.9. The zero-order valence-corrected chi connectivity index (χ0v) is 8.04. The molecule has 0 saturated carbocycles. The number of hydrogen-bond donors (Lipinski definition) is 2. The number of carboxylic acids is 1. The maximum absolute atomic E-state index is 11.2. The Morgan fingerprint density at radius 2 is 1.56 bits per heavy atom. The summed E-state index contributed by atoms with van der Waals surface area (Å²) in [5.41, 5.74) is 0.0526. The van der Waals surface area contributed by atoms with Crippen LogP contribution in [0.5, 0.6) is 0 Å². The molecule has 0 bridgehead atoms. The van der Waals surface area contributed by atoms with Gasteiger partial charge in [-0.25, -0.2) is 14.4 Å². The van der Waals surface area contributed by atoms with Crippen molar-refractivity contribution in [2.75, 3.05) is 6.61 Å². The van der Waals surface area contributed by atoms with Gasteiger partial charge in [-0.1, -0.05) is 0 Å². The Hall–Kier alpha value is -2.21. The minimum Gasteiger partial charge on any atom is -0.478 e. The van der Waals surface area contributed by atoms with E-state index in [0.717, 1.165) is 0 Å². The van der Waals surface area contributed by atoms with Crippen LogP contribution in [-0.2, 0) is 9.53 Å². The Morgan fingerprint density at radius 3 is 2.00 bits per heavy atom. The average Bonchev–Trinajstić information content (AvgIpc) is 2.28. The van der Waals surface area contributed by atoms with Crippen molar-refractivity contribution in [1.29, 1.82) is 0 Å². The van der Waals surface area contributed by atoms with Crippen molar-refractivity contribution in [3.63, 3.8) is 0 Å². The van der Waals surface area contributed by atoms with Crippen LogP contribution in [0.2, 0.25) is 0 Å². The average molecular weight is 224 g/mol. The number of ether oxygens (including phenoxy) is 1. The lowest BCUT2D eigenvalue weighted by Crippen LogP contribution is -2.15. The smallest absolute Gasteiger partial charge is 0.345 e. The second-order valence-electron chi connectivity index (χ2n) is 2.80. The van der Waals surface area contributed by atoms with Crippen molar-refractivity contribution in [1.82, 2.24) is 0 Å². The quantitative estimate of drug-likeness (QED) is 0.556. The molecule has 0 fully saturated rings. The van der Waals surface area contributed by atoms with Crippen molar-refractivity contribution >= 4 is 17.9 Å². The van der Waals surface area contributed by atoms with Crippen LogP contribution in [0.3, 0.4) is 0 Å². The third-order valence-electron chi connectivity index (χ3n) is 1.70. The summed E-state index contributed by atoms with van der Waals surface area (Å²) in [7, 11) is 0. The molecular weight excluding hydrogens is 216 g/mol. The summed E-state index contributed by atoms with van der Waals surface area (Å²) in [4.78, 5) is 32.3. The van der Waals surface area contributed by atoms with Crippen molar-refractivity contribution in [2.45, 2.75) is 0 Å².